The predicted molar refractivity (Wildman–Crippen MR) is 101 cm³/mol. The molecule has 0 N–H and O–H groups in total. The van der Waals surface area contributed by atoms with E-state index in [1.807, 2.05) is 36.0 Å². The van der Waals surface area contributed by atoms with Crippen LogP contribution in [0.1, 0.15) is 30.0 Å². The van der Waals surface area contributed by atoms with E-state index in [0.717, 1.165) is 17.1 Å². The van der Waals surface area contributed by atoms with Crippen LogP contribution < -0.4 is 0 Å². The Kier molecular flexibility index (Phi) is 3.88. The summed E-state index contributed by atoms with van der Waals surface area (Å²) in [6, 6.07) is 14.7. The molecule has 2 aromatic heterocycles. The van der Waals surface area contributed by atoms with Gasteiger partial charge in [-0.05, 0) is 50.6 Å². The first-order valence-corrected chi connectivity index (χ1v) is 8.66. The lowest BCUT2D eigenvalue weighted by Gasteiger charge is -2.22. The SMILES string of the molecule is Cc1cc(C)n([C@H](C)[C@H]2C=CC=C2c2ccn(-c3ccccc3)n2)n1. The maximum absolute atomic E-state index is 4.80. The van der Waals surface area contributed by atoms with Gasteiger partial charge >= 0.3 is 0 Å². The molecule has 0 bridgehead atoms. The molecule has 0 radical (unpaired) electrons. The first-order valence-electron chi connectivity index (χ1n) is 8.66. The second kappa shape index (κ2) is 6.20. The highest BCUT2D eigenvalue weighted by Crippen LogP contribution is 2.36. The summed E-state index contributed by atoms with van der Waals surface area (Å²) in [4.78, 5) is 0. The van der Waals surface area contributed by atoms with E-state index in [4.69, 9.17) is 5.10 Å². The van der Waals surface area contributed by atoms with Crippen molar-refractivity contribution in [1.82, 2.24) is 19.6 Å². The minimum Gasteiger partial charge on any atom is -0.266 e. The summed E-state index contributed by atoms with van der Waals surface area (Å²) in [5.74, 6) is 0.275. The smallest absolute Gasteiger partial charge is 0.0894 e. The van der Waals surface area contributed by atoms with Gasteiger partial charge in [0.2, 0.25) is 0 Å². The summed E-state index contributed by atoms with van der Waals surface area (Å²) in [7, 11) is 0. The minimum absolute atomic E-state index is 0.251. The van der Waals surface area contributed by atoms with Crippen molar-refractivity contribution in [2.45, 2.75) is 26.8 Å². The molecular formula is C21H22N4. The molecule has 2 heterocycles. The molecule has 2 atom stereocenters. The minimum atomic E-state index is 0.251. The summed E-state index contributed by atoms with van der Waals surface area (Å²) in [5, 5.41) is 9.46. The number of nitrogens with zero attached hydrogens (tertiary/aromatic N) is 4. The average molecular weight is 330 g/mol. The highest BCUT2D eigenvalue weighted by atomic mass is 15.3. The van der Waals surface area contributed by atoms with Crippen molar-refractivity contribution in [3.8, 4) is 5.69 Å². The molecule has 4 rings (SSSR count). The van der Waals surface area contributed by atoms with Crippen molar-refractivity contribution >= 4 is 5.57 Å². The summed E-state index contributed by atoms with van der Waals surface area (Å²) in [6.07, 6.45) is 8.57. The third-order valence-corrected chi connectivity index (χ3v) is 4.81. The molecule has 25 heavy (non-hydrogen) atoms. The highest BCUT2D eigenvalue weighted by molar-refractivity contribution is 5.71. The van der Waals surface area contributed by atoms with Crippen molar-refractivity contribution in [2.75, 3.05) is 0 Å². The van der Waals surface area contributed by atoms with Crippen LogP contribution in [0.25, 0.3) is 11.3 Å². The summed E-state index contributed by atoms with van der Waals surface area (Å²) in [6.45, 7) is 6.38. The first kappa shape index (κ1) is 15.6. The Morgan fingerprint density at radius 3 is 2.56 bits per heavy atom. The molecule has 0 unspecified atom stereocenters. The molecule has 1 aliphatic rings. The summed E-state index contributed by atoms with van der Waals surface area (Å²) < 4.78 is 4.05. The number of allylic oxidation sites excluding steroid dienone is 4. The van der Waals surface area contributed by atoms with Gasteiger partial charge in [-0.1, -0.05) is 36.4 Å². The van der Waals surface area contributed by atoms with Crippen molar-refractivity contribution < 1.29 is 0 Å². The lowest BCUT2D eigenvalue weighted by Crippen LogP contribution is -2.18. The van der Waals surface area contributed by atoms with Crippen molar-refractivity contribution in [1.29, 1.82) is 0 Å². The second-order valence-corrected chi connectivity index (χ2v) is 6.63. The molecule has 0 aliphatic heterocycles. The maximum Gasteiger partial charge on any atom is 0.0894 e. The monoisotopic (exact) mass is 330 g/mol. The Labute approximate surface area is 148 Å². The van der Waals surface area contributed by atoms with E-state index < -0.39 is 0 Å². The van der Waals surface area contributed by atoms with Gasteiger partial charge in [0.05, 0.1) is 23.1 Å². The fourth-order valence-corrected chi connectivity index (χ4v) is 3.58. The Balaban J connectivity index is 1.63. The van der Waals surface area contributed by atoms with E-state index in [1.54, 1.807) is 0 Å². The number of para-hydroxylation sites is 1. The van der Waals surface area contributed by atoms with Crippen molar-refractivity contribution in [3.63, 3.8) is 0 Å². The van der Waals surface area contributed by atoms with Crippen LogP contribution in [0.15, 0.2) is 66.9 Å². The van der Waals surface area contributed by atoms with Crippen LogP contribution in [0.2, 0.25) is 0 Å². The molecule has 1 aliphatic carbocycles. The van der Waals surface area contributed by atoms with Crippen LogP contribution in [-0.2, 0) is 0 Å². The standard InChI is InChI=1S/C21H22N4/c1-15-14-16(2)25(22-15)17(3)19-10-7-11-20(19)21-12-13-24(23-21)18-8-5-4-6-9-18/h4-14,17,19H,1-3H3/t17-,19-/m1/s1. The molecule has 3 aromatic rings. The largest absolute Gasteiger partial charge is 0.266 e. The van der Waals surface area contributed by atoms with E-state index >= 15 is 0 Å². The highest BCUT2D eigenvalue weighted by Gasteiger charge is 2.26. The van der Waals surface area contributed by atoms with Crippen LogP contribution in [0.3, 0.4) is 0 Å². The number of hydrogen-bond donors (Lipinski definition) is 0. The van der Waals surface area contributed by atoms with Crippen molar-refractivity contribution in [2.24, 2.45) is 5.92 Å². The van der Waals surface area contributed by atoms with Crippen LogP contribution in [0.4, 0.5) is 0 Å². The van der Waals surface area contributed by atoms with Crippen LogP contribution in [0, 0.1) is 19.8 Å². The third kappa shape index (κ3) is 2.84. The van der Waals surface area contributed by atoms with Gasteiger partial charge in [-0.25, -0.2) is 4.68 Å². The van der Waals surface area contributed by atoms with Gasteiger partial charge in [0.25, 0.3) is 0 Å². The summed E-state index contributed by atoms with van der Waals surface area (Å²) >= 11 is 0. The average Bonchev–Trinajstić information content (AvgIpc) is 3.33. The zero-order valence-electron chi connectivity index (χ0n) is 14.8. The zero-order chi connectivity index (χ0) is 17.4. The molecule has 0 amide bonds. The zero-order valence-corrected chi connectivity index (χ0v) is 14.8. The van der Waals surface area contributed by atoms with Crippen molar-refractivity contribution in [3.05, 3.63) is 84.0 Å². The lowest BCUT2D eigenvalue weighted by molar-refractivity contribution is 0.431. The molecule has 4 heteroatoms. The van der Waals surface area contributed by atoms with Gasteiger partial charge in [-0.2, -0.15) is 10.2 Å². The quantitative estimate of drug-likeness (QED) is 0.705. The normalized spacial score (nSPS) is 17.7. The van der Waals surface area contributed by atoms with E-state index in [9.17, 15) is 0 Å². The molecular weight excluding hydrogens is 308 g/mol. The van der Waals surface area contributed by atoms with E-state index in [2.05, 4.69) is 66.1 Å². The summed E-state index contributed by atoms with van der Waals surface area (Å²) in [5.41, 5.74) is 5.59. The third-order valence-electron chi connectivity index (χ3n) is 4.81. The topological polar surface area (TPSA) is 35.6 Å². The Morgan fingerprint density at radius 1 is 1.04 bits per heavy atom. The van der Waals surface area contributed by atoms with Gasteiger partial charge in [0.15, 0.2) is 0 Å². The number of rotatable bonds is 4. The van der Waals surface area contributed by atoms with Gasteiger partial charge in [-0.3, -0.25) is 4.68 Å². The van der Waals surface area contributed by atoms with Gasteiger partial charge in [-0.15, -0.1) is 0 Å². The van der Waals surface area contributed by atoms with Gasteiger partial charge < -0.3 is 0 Å². The number of aryl methyl sites for hydroxylation is 2. The molecule has 0 saturated heterocycles. The van der Waals surface area contributed by atoms with Gasteiger partial charge in [0.1, 0.15) is 0 Å². The van der Waals surface area contributed by atoms with E-state index in [1.165, 1.54) is 11.3 Å². The van der Waals surface area contributed by atoms with E-state index in [-0.39, 0.29) is 12.0 Å². The van der Waals surface area contributed by atoms with Crippen LogP contribution >= 0.6 is 0 Å². The fourth-order valence-electron chi connectivity index (χ4n) is 3.58. The Hall–Kier alpha value is -2.88. The maximum atomic E-state index is 4.80. The lowest BCUT2D eigenvalue weighted by atomic mass is 9.93. The van der Waals surface area contributed by atoms with Crippen LogP contribution in [-0.4, -0.2) is 19.6 Å². The first-order chi connectivity index (χ1) is 12.1. The van der Waals surface area contributed by atoms with Crippen LogP contribution in [0.5, 0.6) is 0 Å². The molecule has 4 nitrogen and oxygen atoms in total. The van der Waals surface area contributed by atoms with Gasteiger partial charge in [0, 0.05) is 17.8 Å². The van der Waals surface area contributed by atoms with E-state index in [0.29, 0.717) is 0 Å². The molecule has 0 saturated carbocycles. The predicted octanol–water partition coefficient (Wildman–Crippen LogP) is 4.52. The number of hydrogen-bond acceptors (Lipinski definition) is 2. The second-order valence-electron chi connectivity index (χ2n) is 6.63. The molecule has 1 aromatic carbocycles. The number of benzene rings is 1. The number of aromatic nitrogens is 4. The molecule has 0 spiro atoms. The Bertz CT molecular complexity index is 943. The molecule has 126 valence electrons. The molecule has 0 fully saturated rings. The Morgan fingerprint density at radius 2 is 1.84 bits per heavy atom. The fraction of sp³-hybridized carbons (Fsp3) is 0.238.